The van der Waals surface area contributed by atoms with Gasteiger partial charge in [-0.2, -0.15) is 5.10 Å². The van der Waals surface area contributed by atoms with Crippen molar-refractivity contribution in [3.8, 4) is 11.5 Å². The third-order valence-corrected chi connectivity index (χ3v) is 5.87. The summed E-state index contributed by atoms with van der Waals surface area (Å²) in [6.45, 7) is 7.24. The fourth-order valence-electron chi connectivity index (χ4n) is 3.23. The molecule has 0 spiro atoms. The van der Waals surface area contributed by atoms with Gasteiger partial charge in [0.05, 0.1) is 14.2 Å². The fourth-order valence-corrected chi connectivity index (χ4v) is 4.33. The number of hydrogen-bond donors (Lipinski definition) is 0. The normalized spacial score (nSPS) is 11.5. The number of rotatable bonds is 8. The predicted octanol–water partition coefficient (Wildman–Crippen LogP) is 3.61. The zero-order valence-corrected chi connectivity index (χ0v) is 19.4. The monoisotopic (exact) mass is 431 g/mol. The summed E-state index contributed by atoms with van der Waals surface area (Å²) in [5, 5.41) is 5.14. The van der Waals surface area contributed by atoms with Gasteiger partial charge in [-0.1, -0.05) is 11.3 Å². The van der Waals surface area contributed by atoms with Crippen LogP contribution >= 0.6 is 11.3 Å². The SMILES string of the molecule is COc1ccc(OC)c2sc(N(CCN(C)C)C(=O)c3cc(C)n(C(C)C)n3)nc12. The highest BCUT2D eigenvalue weighted by Gasteiger charge is 2.26. The standard InChI is InChI=1S/C21H29N5O3S/c1-13(2)26-14(3)12-15(23-26)20(27)25(11-10-24(4)5)21-22-18-16(28-6)8-9-17(29-7)19(18)30-21/h8-9,12-13H,10-11H2,1-7H3. The largest absolute Gasteiger partial charge is 0.495 e. The molecule has 0 bridgehead atoms. The second kappa shape index (κ2) is 9.01. The van der Waals surface area contributed by atoms with Crippen molar-refractivity contribution >= 4 is 32.6 Å². The van der Waals surface area contributed by atoms with E-state index >= 15 is 0 Å². The number of hydrogen-bond acceptors (Lipinski definition) is 7. The molecule has 8 nitrogen and oxygen atoms in total. The molecule has 0 saturated carbocycles. The first-order chi connectivity index (χ1) is 14.3. The zero-order valence-electron chi connectivity index (χ0n) is 18.6. The van der Waals surface area contributed by atoms with Crippen molar-refractivity contribution in [2.24, 2.45) is 0 Å². The Kier molecular flexibility index (Phi) is 6.62. The Bertz CT molecular complexity index is 1000. The number of methoxy groups -OCH3 is 2. The molecule has 9 heteroatoms. The molecule has 3 aromatic rings. The molecular formula is C21H29N5O3S. The summed E-state index contributed by atoms with van der Waals surface area (Å²) < 4.78 is 13.7. The molecule has 0 N–H and O–H groups in total. The molecule has 1 amide bonds. The van der Waals surface area contributed by atoms with E-state index in [4.69, 9.17) is 14.5 Å². The first-order valence-electron chi connectivity index (χ1n) is 9.81. The molecule has 2 heterocycles. The highest BCUT2D eigenvalue weighted by Crippen LogP contribution is 2.40. The Morgan fingerprint density at radius 1 is 1.17 bits per heavy atom. The van der Waals surface area contributed by atoms with Crippen molar-refractivity contribution < 1.29 is 14.3 Å². The van der Waals surface area contributed by atoms with Gasteiger partial charge >= 0.3 is 0 Å². The van der Waals surface area contributed by atoms with Crippen LogP contribution in [0.25, 0.3) is 10.2 Å². The van der Waals surface area contributed by atoms with E-state index in [2.05, 4.69) is 5.10 Å². The smallest absolute Gasteiger partial charge is 0.280 e. The maximum absolute atomic E-state index is 13.5. The van der Waals surface area contributed by atoms with Gasteiger partial charge in [0.2, 0.25) is 0 Å². The van der Waals surface area contributed by atoms with Crippen LogP contribution in [0.3, 0.4) is 0 Å². The molecule has 0 radical (unpaired) electrons. The van der Waals surface area contributed by atoms with E-state index < -0.39 is 0 Å². The van der Waals surface area contributed by atoms with Crippen LogP contribution in [0.2, 0.25) is 0 Å². The molecule has 0 fully saturated rings. The molecule has 0 aliphatic heterocycles. The van der Waals surface area contributed by atoms with Gasteiger partial charge < -0.3 is 14.4 Å². The number of ether oxygens (including phenoxy) is 2. The van der Waals surface area contributed by atoms with Crippen LogP contribution in [0, 0.1) is 6.92 Å². The van der Waals surface area contributed by atoms with E-state index in [-0.39, 0.29) is 11.9 Å². The average Bonchev–Trinajstić information content (AvgIpc) is 3.31. The van der Waals surface area contributed by atoms with E-state index in [0.717, 1.165) is 10.4 Å². The van der Waals surface area contributed by atoms with Crippen LogP contribution in [-0.4, -0.2) is 67.0 Å². The molecule has 0 saturated heterocycles. The Balaban J connectivity index is 2.07. The number of amides is 1. The first-order valence-corrected chi connectivity index (χ1v) is 10.6. The minimum Gasteiger partial charge on any atom is -0.495 e. The van der Waals surface area contributed by atoms with Gasteiger partial charge in [0.25, 0.3) is 5.91 Å². The lowest BCUT2D eigenvalue weighted by molar-refractivity contribution is 0.0979. The number of aryl methyl sites for hydroxylation is 1. The van der Waals surface area contributed by atoms with Gasteiger partial charge in [0, 0.05) is 24.8 Å². The van der Waals surface area contributed by atoms with E-state index in [9.17, 15) is 4.79 Å². The van der Waals surface area contributed by atoms with Crippen LogP contribution in [0.4, 0.5) is 5.13 Å². The van der Waals surface area contributed by atoms with Gasteiger partial charge in [-0.25, -0.2) is 4.98 Å². The molecule has 30 heavy (non-hydrogen) atoms. The topological polar surface area (TPSA) is 72.7 Å². The maximum Gasteiger partial charge on any atom is 0.280 e. The third-order valence-electron chi connectivity index (χ3n) is 4.78. The summed E-state index contributed by atoms with van der Waals surface area (Å²) in [7, 11) is 7.18. The van der Waals surface area contributed by atoms with Gasteiger partial charge in [-0.05, 0) is 53.1 Å². The van der Waals surface area contributed by atoms with Crippen LogP contribution < -0.4 is 14.4 Å². The van der Waals surface area contributed by atoms with E-state index in [1.807, 2.05) is 62.6 Å². The number of aromatic nitrogens is 3. The summed E-state index contributed by atoms with van der Waals surface area (Å²) in [6.07, 6.45) is 0. The van der Waals surface area contributed by atoms with Crippen molar-refractivity contribution in [1.29, 1.82) is 0 Å². The lowest BCUT2D eigenvalue weighted by Crippen LogP contribution is -2.37. The van der Waals surface area contributed by atoms with Crippen molar-refractivity contribution in [3.05, 3.63) is 29.6 Å². The summed E-state index contributed by atoms with van der Waals surface area (Å²) in [5.41, 5.74) is 2.05. The predicted molar refractivity (Wildman–Crippen MR) is 120 cm³/mol. The summed E-state index contributed by atoms with van der Waals surface area (Å²) in [6, 6.07) is 5.68. The van der Waals surface area contributed by atoms with E-state index in [1.165, 1.54) is 11.3 Å². The maximum atomic E-state index is 13.5. The third kappa shape index (κ3) is 4.27. The second-order valence-electron chi connectivity index (χ2n) is 7.61. The van der Waals surface area contributed by atoms with Crippen LogP contribution in [-0.2, 0) is 0 Å². The molecule has 0 atom stereocenters. The van der Waals surface area contributed by atoms with E-state index in [0.29, 0.717) is 40.9 Å². The van der Waals surface area contributed by atoms with Crippen LogP contribution in [0.5, 0.6) is 11.5 Å². The van der Waals surface area contributed by atoms with E-state index in [1.54, 1.807) is 19.1 Å². The number of benzene rings is 1. The first kappa shape index (κ1) is 22.0. The van der Waals surface area contributed by atoms with Gasteiger partial charge in [-0.3, -0.25) is 14.4 Å². The second-order valence-corrected chi connectivity index (χ2v) is 8.59. The summed E-state index contributed by atoms with van der Waals surface area (Å²) in [5.74, 6) is 1.18. The number of carbonyl (C=O) groups is 1. The molecule has 162 valence electrons. The minimum atomic E-state index is -0.170. The number of anilines is 1. The Morgan fingerprint density at radius 2 is 1.83 bits per heavy atom. The Labute approximate surface area is 181 Å². The van der Waals surface area contributed by atoms with Crippen molar-refractivity contribution in [2.45, 2.75) is 26.8 Å². The Morgan fingerprint density at radius 3 is 2.40 bits per heavy atom. The summed E-state index contributed by atoms with van der Waals surface area (Å²) >= 11 is 1.41. The van der Waals surface area contributed by atoms with Gasteiger partial charge in [-0.15, -0.1) is 0 Å². The number of likely N-dealkylation sites (N-methyl/N-ethyl adjacent to an activating group) is 1. The molecule has 0 unspecified atom stereocenters. The van der Waals surface area contributed by atoms with Gasteiger partial charge in [0.1, 0.15) is 21.7 Å². The van der Waals surface area contributed by atoms with Crippen molar-refractivity contribution in [3.63, 3.8) is 0 Å². The lowest BCUT2D eigenvalue weighted by Gasteiger charge is -2.21. The highest BCUT2D eigenvalue weighted by atomic mass is 32.1. The zero-order chi connectivity index (χ0) is 22.0. The molecule has 0 aliphatic carbocycles. The quantitative estimate of drug-likeness (QED) is 0.543. The molecule has 3 rings (SSSR count). The molecule has 2 aromatic heterocycles. The number of fused-ring (bicyclic) bond motifs is 1. The average molecular weight is 432 g/mol. The minimum absolute atomic E-state index is 0.170. The number of nitrogens with zero attached hydrogens (tertiary/aromatic N) is 5. The summed E-state index contributed by atoms with van der Waals surface area (Å²) in [4.78, 5) is 21.9. The Hall–Kier alpha value is -2.65. The fraction of sp³-hybridized carbons (Fsp3) is 0.476. The number of carbonyl (C=O) groups excluding carboxylic acids is 1. The highest BCUT2D eigenvalue weighted by molar-refractivity contribution is 7.22. The molecule has 0 aliphatic rings. The van der Waals surface area contributed by atoms with Crippen LogP contribution in [0.1, 0.15) is 36.1 Å². The van der Waals surface area contributed by atoms with Gasteiger partial charge in [0.15, 0.2) is 10.8 Å². The van der Waals surface area contributed by atoms with Crippen LogP contribution in [0.15, 0.2) is 18.2 Å². The van der Waals surface area contributed by atoms with Crippen molar-refractivity contribution in [1.82, 2.24) is 19.7 Å². The molecular weight excluding hydrogens is 402 g/mol. The molecule has 1 aromatic carbocycles. The lowest BCUT2D eigenvalue weighted by atomic mass is 10.3. The number of thiazole rings is 1. The van der Waals surface area contributed by atoms with Crippen molar-refractivity contribution in [2.75, 3.05) is 46.3 Å².